The molecule has 2 atom stereocenters. The highest BCUT2D eigenvalue weighted by atomic mass is 16.1. The van der Waals surface area contributed by atoms with E-state index in [1.165, 1.54) is 0 Å². The molecule has 1 N–H and O–H groups in total. The van der Waals surface area contributed by atoms with Gasteiger partial charge in [0.1, 0.15) is 17.2 Å². The van der Waals surface area contributed by atoms with Gasteiger partial charge in [0, 0.05) is 30.4 Å². The van der Waals surface area contributed by atoms with Crippen molar-refractivity contribution >= 4 is 5.52 Å². The minimum Gasteiger partial charge on any atom is -0.307 e. The molecule has 0 spiro atoms. The maximum Gasteiger partial charge on any atom is 0.275 e. The van der Waals surface area contributed by atoms with E-state index in [1.54, 1.807) is 29.2 Å². The molecule has 1 aliphatic rings. The fourth-order valence-corrected chi connectivity index (χ4v) is 2.77. The first-order valence-corrected chi connectivity index (χ1v) is 6.67. The lowest BCUT2D eigenvalue weighted by Gasteiger charge is -2.34. The zero-order valence-electron chi connectivity index (χ0n) is 10.7. The lowest BCUT2D eigenvalue weighted by molar-refractivity contribution is 0.315. The predicted molar refractivity (Wildman–Crippen MR) is 72.6 cm³/mol. The smallest absolute Gasteiger partial charge is 0.275 e. The van der Waals surface area contributed by atoms with Gasteiger partial charge in [0.2, 0.25) is 0 Å². The Balaban J connectivity index is 1.74. The zero-order valence-corrected chi connectivity index (χ0v) is 10.7. The van der Waals surface area contributed by atoms with Gasteiger partial charge in [-0.25, -0.2) is 14.5 Å². The Labute approximate surface area is 114 Å². The summed E-state index contributed by atoms with van der Waals surface area (Å²) in [6.07, 6.45) is 7.33. The van der Waals surface area contributed by atoms with Crippen LogP contribution in [0.5, 0.6) is 0 Å². The molecule has 0 bridgehead atoms. The topological polar surface area (TPSA) is 75.9 Å². The molecule has 1 saturated carbocycles. The first-order chi connectivity index (χ1) is 9.83. The molecule has 6 nitrogen and oxygen atoms in total. The molecule has 0 aromatic carbocycles. The Morgan fingerprint density at radius 3 is 2.70 bits per heavy atom. The predicted octanol–water partition coefficient (Wildman–Crippen LogP) is 1.47. The van der Waals surface area contributed by atoms with Crippen LogP contribution in [0.2, 0.25) is 0 Å². The number of rotatable bonds is 2. The minimum absolute atomic E-state index is 0.0976. The molecule has 0 amide bonds. The Morgan fingerprint density at radius 1 is 1.15 bits per heavy atom. The highest BCUT2D eigenvalue weighted by Crippen LogP contribution is 2.46. The van der Waals surface area contributed by atoms with Crippen LogP contribution in [0.3, 0.4) is 0 Å². The first kappa shape index (κ1) is 11.3. The Kier molecular flexibility index (Phi) is 2.42. The van der Waals surface area contributed by atoms with Crippen molar-refractivity contribution in [1.29, 1.82) is 0 Å². The van der Waals surface area contributed by atoms with Crippen molar-refractivity contribution in [3.8, 4) is 0 Å². The van der Waals surface area contributed by atoms with Gasteiger partial charge in [-0.1, -0.05) is 0 Å². The van der Waals surface area contributed by atoms with E-state index in [-0.39, 0.29) is 17.4 Å². The van der Waals surface area contributed by atoms with Gasteiger partial charge >= 0.3 is 0 Å². The van der Waals surface area contributed by atoms with Crippen LogP contribution in [-0.4, -0.2) is 24.6 Å². The third kappa shape index (κ3) is 1.65. The quantitative estimate of drug-likeness (QED) is 0.763. The van der Waals surface area contributed by atoms with Crippen LogP contribution in [0.25, 0.3) is 5.52 Å². The number of H-pyrrole nitrogens is 1. The summed E-state index contributed by atoms with van der Waals surface area (Å²) in [5, 5.41) is 4.50. The third-order valence-electron chi connectivity index (χ3n) is 3.96. The standard InChI is InChI=1S/C14H13N5O/c20-14-11-3-1-8-19(11)18-13(17-14)10-5-4-9(10)12-15-6-2-7-16-12/h1-3,6-10H,4-5H2,(H,17,18,20)/t9-,10-/m1/s1. The Hall–Kier alpha value is -2.50. The molecular formula is C14H13N5O. The summed E-state index contributed by atoms with van der Waals surface area (Å²) in [5.41, 5.74) is 0.472. The monoisotopic (exact) mass is 267 g/mol. The lowest BCUT2D eigenvalue weighted by Crippen LogP contribution is -2.28. The summed E-state index contributed by atoms with van der Waals surface area (Å²) in [4.78, 5) is 23.5. The number of nitrogens with one attached hydrogen (secondary N) is 1. The Morgan fingerprint density at radius 2 is 1.95 bits per heavy atom. The number of nitrogens with zero attached hydrogens (tertiary/aromatic N) is 4. The van der Waals surface area contributed by atoms with Crippen molar-refractivity contribution < 1.29 is 0 Å². The van der Waals surface area contributed by atoms with Crippen molar-refractivity contribution in [3.05, 3.63) is 58.8 Å². The van der Waals surface area contributed by atoms with Gasteiger partial charge in [-0.15, -0.1) is 0 Å². The number of fused-ring (bicyclic) bond motifs is 1. The van der Waals surface area contributed by atoms with Gasteiger partial charge in [-0.05, 0) is 31.0 Å². The molecule has 3 heterocycles. The van der Waals surface area contributed by atoms with Gasteiger partial charge in [0.05, 0.1) is 0 Å². The highest BCUT2D eigenvalue weighted by molar-refractivity contribution is 5.43. The second-order valence-electron chi connectivity index (χ2n) is 5.07. The Bertz CT molecular complexity index is 807. The van der Waals surface area contributed by atoms with Gasteiger partial charge in [0.15, 0.2) is 0 Å². The average molecular weight is 267 g/mol. The van der Waals surface area contributed by atoms with Gasteiger partial charge in [-0.2, -0.15) is 5.10 Å². The van der Waals surface area contributed by atoms with Gasteiger partial charge < -0.3 is 4.98 Å². The normalized spacial score (nSPS) is 21.8. The molecule has 1 aliphatic carbocycles. The number of aromatic nitrogens is 5. The summed E-state index contributed by atoms with van der Waals surface area (Å²) in [7, 11) is 0. The molecule has 1 fully saturated rings. The summed E-state index contributed by atoms with van der Waals surface area (Å²) in [5.74, 6) is 1.99. The summed E-state index contributed by atoms with van der Waals surface area (Å²) in [6.45, 7) is 0. The average Bonchev–Trinajstić information content (AvgIpc) is 2.87. The summed E-state index contributed by atoms with van der Waals surface area (Å²) >= 11 is 0. The van der Waals surface area contributed by atoms with Crippen molar-refractivity contribution in [1.82, 2.24) is 24.6 Å². The van der Waals surface area contributed by atoms with Crippen LogP contribution in [0.4, 0.5) is 0 Å². The number of aromatic amines is 1. The van der Waals surface area contributed by atoms with Gasteiger partial charge in [0.25, 0.3) is 5.56 Å². The molecule has 0 aliphatic heterocycles. The molecule has 20 heavy (non-hydrogen) atoms. The van der Waals surface area contributed by atoms with E-state index in [1.807, 2.05) is 12.1 Å². The molecular weight excluding hydrogens is 254 g/mol. The van der Waals surface area contributed by atoms with E-state index < -0.39 is 0 Å². The van der Waals surface area contributed by atoms with Crippen LogP contribution < -0.4 is 5.56 Å². The molecule has 3 aromatic heterocycles. The molecule has 100 valence electrons. The molecule has 0 saturated heterocycles. The first-order valence-electron chi connectivity index (χ1n) is 6.67. The fraction of sp³-hybridized carbons (Fsp3) is 0.286. The van der Waals surface area contributed by atoms with Crippen LogP contribution in [0.15, 0.2) is 41.6 Å². The summed E-state index contributed by atoms with van der Waals surface area (Å²) < 4.78 is 1.63. The zero-order chi connectivity index (χ0) is 13.5. The molecule has 6 heteroatoms. The largest absolute Gasteiger partial charge is 0.307 e. The fourth-order valence-electron chi connectivity index (χ4n) is 2.77. The van der Waals surface area contributed by atoms with Crippen molar-refractivity contribution in [2.24, 2.45) is 0 Å². The second kappa shape index (κ2) is 4.26. The van der Waals surface area contributed by atoms with Crippen molar-refractivity contribution in [3.63, 3.8) is 0 Å². The molecule has 4 rings (SSSR count). The maximum atomic E-state index is 12.0. The number of hydrogen-bond donors (Lipinski definition) is 1. The summed E-state index contributed by atoms with van der Waals surface area (Å²) in [6, 6.07) is 5.39. The molecule has 3 aromatic rings. The van der Waals surface area contributed by atoms with Crippen LogP contribution in [0.1, 0.15) is 36.3 Å². The van der Waals surface area contributed by atoms with Gasteiger partial charge in [-0.3, -0.25) is 4.79 Å². The van der Waals surface area contributed by atoms with Crippen molar-refractivity contribution in [2.75, 3.05) is 0 Å². The van der Waals surface area contributed by atoms with E-state index in [4.69, 9.17) is 0 Å². The van der Waals surface area contributed by atoms with E-state index >= 15 is 0 Å². The lowest BCUT2D eigenvalue weighted by atomic mass is 9.72. The van der Waals surface area contributed by atoms with Crippen molar-refractivity contribution in [2.45, 2.75) is 24.7 Å². The molecule has 0 unspecified atom stereocenters. The SMILES string of the molecule is O=c1[nH]c([C@@H]2CC[C@H]2c2ncccn2)nn2cccc12. The third-order valence-corrected chi connectivity index (χ3v) is 3.96. The second-order valence-corrected chi connectivity index (χ2v) is 5.07. The van der Waals surface area contributed by atoms with E-state index in [0.717, 1.165) is 24.5 Å². The van der Waals surface area contributed by atoms with E-state index in [9.17, 15) is 4.79 Å². The minimum atomic E-state index is -0.0976. The maximum absolute atomic E-state index is 12.0. The van der Waals surface area contributed by atoms with E-state index in [0.29, 0.717) is 5.52 Å². The van der Waals surface area contributed by atoms with E-state index in [2.05, 4.69) is 20.1 Å². The van der Waals surface area contributed by atoms with Crippen LogP contribution >= 0.6 is 0 Å². The van der Waals surface area contributed by atoms with Crippen LogP contribution in [-0.2, 0) is 0 Å². The highest BCUT2D eigenvalue weighted by Gasteiger charge is 2.37. The number of hydrogen-bond acceptors (Lipinski definition) is 4. The van der Waals surface area contributed by atoms with Crippen LogP contribution in [0, 0.1) is 0 Å². The molecule has 0 radical (unpaired) electrons.